The molecule has 0 aromatic rings. The van der Waals surface area contributed by atoms with E-state index >= 15 is 0 Å². The summed E-state index contributed by atoms with van der Waals surface area (Å²) >= 11 is 0. The normalized spacial score (nSPS) is 19.9. The van der Waals surface area contributed by atoms with Crippen molar-refractivity contribution >= 4 is 0 Å². The van der Waals surface area contributed by atoms with Crippen LogP contribution in [0.15, 0.2) is 0 Å². The Morgan fingerprint density at radius 2 is 1.45 bits per heavy atom. The van der Waals surface area contributed by atoms with E-state index in [-0.39, 0.29) is 5.92 Å². The largest absolute Gasteiger partial charge is 0.390 e. The van der Waals surface area contributed by atoms with Crippen molar-refractivity contribution in [3.63, 3.8) is 0 Å². The van der Waals surface area contributed by atoms with Crippen LogP contribution in [0.4, 0.5) is 0 Å². The van der Waals surface area contributed by atoms with Gasteiger partial charge in [0.05, 0.1) is 12.2 Å². The molecule has 0 fully saturated rings. The Hall–Kier alpha value is -0.120. The van der Waals surface area contributed by atoms with Gasteiger partial charge in [-0.25, -0.2) is 0 Å². The molecule has 0 spiro atoms. The van der Waals surface area contributed by atoms with Crippen LogP contribution in [0.5, 0.6) is 0 Å². The Kier molecular flexibility index (Phi) is 4.65. The lowest BCUT2D eigenvalue weighted by Gasteiger charge is -2.24. The van der Waals surface area contributed by atoms with E-state index in [2.05, 4.69) is 0 Å². The maximum Gasteiger partial charge on any atom is 0.106 e. The van der Waals surface area contributed by atoms with Crippen LogP contribution in [0, 0.1) is 5.92 Å². The van der Waals surface area contributed by atoms with Crippen LogP contribution < -0.4 is 0 Å². The van der Waals surface area contributed by atoms with Crippen molar-refractivity contribution in [2.45, 2.75) is 45.5 Å². The highest BCUT2D eigenvalue weighted by atomic mass is 16.4. The molecule has 0 aromatic carbocycles. The van der Waals surface area contributed by atoms with Crippen molar-refractivity contribution in [3.8, 4) is 0 Å². The fraction of sp³-hybridized carbons (Fsp3) is 1.00. The van der Waals surface area contributed by atoms with Gasteiger partial charge in [-0.15, -0.1) is 0 Å². The minimum absolute atomic E-state index is 0.0220. The first kappa shape index (κ1) is 10.9. The summed E-state index contributed by atoms with van der Waals surface area (Å²) in [5, 5.41) is 27.7. The van der Waals surface area contributed by atoms with Crippen LogP contribution in [0.2, 0.25) is 0 Å². The summed E-state index contributed by atoms with van der Waals surface area (Å²) in [6.07, 6.45) is -2.19. The summed E-state index contributed by atoms with van der Waals surface area (Å²) in [7, 11) is 0. The van der Waals surface area contributed by atoms with E-state index in [0.717, 1.165) is 0 Å². The molecule has 3 heteroatoms. The van der Waals surface area contributed by atoms with E-state index in [4.69, 9.17) is 5.11 Å². The number of hydrogen-bond donors (Lipinski definition) is 3. The molecule has 0 saturated carbocycles. The van der Waals surface area contributed by atoms with Crippen molar-refractivity contribution in [1.82, 2.24) is 0 Å². The molecule has 0 aliphatic heterocycles. The van der Waals surface area contributed by atoms with Gasteiger partial charge in [-0.3, -0.25) is 0 Å². The van der Waals surface area contributed by atoms with Gasteiger partial charge < -0.3 is 15.3 Å². The van der Waals surface area contributed by atoms with E-state index in [1.54, 1.807) is 20.8 Å². The van der Waals surface area contributed by atoms with Crippen LogP contribution in [0.25, 0.3) is 0 Å². The quantitative estimate of drug-likeness (QED) is 0.551. The zero-order valence-electron chi connectivity index (χ0n) is 7.36. The molecule has 0 aromatic heterocycles. The van der Waals surface area contributed by atoms with Crippen molar-refractivity contribution < 1.29 is 15.3 Å². The number of aliphatic hydroxyl groups is 3. The van der Waals surface area contributed by atoms with Crippen molar-refractivity contribution in [2.24, 2.45) is 5.92 Å². The molecule has 0 rings (SSSR count). The van der Waals surface area contributed by atoms with Gasteiger partial charge in [0.15, 0.2) is 0 Å². The van der Waals surface area contributed by atoms with Gasteiger partial charge in [-0.2, -0.15) is 0 Å². The minimum atomic E-state index is -1.01. The molecular weight excluding hydrogens is 144 g/mol. The van der Waals surface area contributed by atoms with E-state index in [0.29, 0.717) is 6.42 Å². The Morgan fingerprint density at radius 1 is 1.00 bits per heavy atom. The molecule has 0 heterocycles. The van der Waals surface area contributed by atoms with Crippen LogP contribution in [0.3, 0.4) is 0 Å². The smallest absolute Gasteiger partial charge is 0.106 e. The highest BCUT2D eigenvalue weighted by Gasteiger charge is 2.25. The third-order valence-corrected chi connectivity index (χ3v) is 1.85. The second-order valence-corrected chi connectivity index (χ2v) is 3.20. The standard InChI is InChI=1S/C8H18O3/c1-4-6(9)8(11)7(10)5(2)3/h5-11H,4H2,1-3H3. The molecular formula is C8H18O3. The summed E-state index contributed by atoms with van der Waals surface area (Å²) < 4.78 is 0. The zero-order valence-corrected chi connectivity index (χ0v) is 7.36. The maximum absolute atomic E-state index is 9.29. The molecule has 3 nitrogen and oxygen atoms in total. The molecule has 3 unspecified atom stereocenters. The Labute approximate surface area is 67.7 Å². The number of aliphatic hydroxyl groups excluding tert-OH is 3. The van der Waals surface area contributed by atoms with Crippen molar-refractivity contribution in [2.75, 3.05) is 0 Å². The zero-order chi connectivity index (χ0) is 9.02. The molecule has 0 amide bonds. The number of rotatable bonds is 4. The summed E-state index contributed by atoms with van der Waals surface area (Å²) in [5.74, 6) is -0.0220. The third kappa shape index (κ3) is 3.18. The average Bonchev–Trinajstić information content (AvgIpc) is 2.00. The molecule has 0 bridgehead atoms. The molecule has 3 atom stereocenters. The lowest BCUT2D eigenvalue weighted by atomic mass is 9.97. The predicted octanol–water partition coefficient (Wildman–Crippen LogP) is 0.135. The lowest BCUT2D eigenvalue weighted by molar-refractivity contribution is -0.0760. The molecule has 0 radical (unpaired) electrons. The van der Waals surface area contributed by atoms with E-state index in [9.17, 15) is 10.2 Å². The third-order valence-electron chi connectivity index (χ3n) is 1.85. The van der Waals surface area contributed by atoms with Crippen molar-refractivity contribution in [1.29, 1.82) is 0 Å². The Bertz CT molecular complexity index is 104. The molecule has 0 saturated heterocycles. The first-order valence-electron chi connectivity index (χ1n) is 4.04. The fourth-order valence-electron chi connectivity index (χ4n) is 0.863. The monoisotopic (exact) mass is 162 g/mol. The van der Waals surface area contributed by atoms with Crippen LogP contribution in [0.1, 0.15) is 27.2 Å². The first-order chi connectivity index (χ1) is 5.00. The van der Waals surface area contributed by atoms with Crippen molar-refractivity contribution in [3.05, 3.63) is 0 Å². The minimum Gasteiger partial charge on any atom is -0.390 e. The maximum atomic E-state index is 9.29. The summed E-state index contributed by atoms with van der Waals surface area (Å²) in [4.78, 5) is 0. The van der Waals surface area contributed by atoms with Gasteiger partial charge in [-0.1, -0.05) is 20.8 Å². The molecule has 11 heavy (non-hydrogen) atoms. The SMILES string of the molecule is CCC(O)C(O)C(O)C(C)C. The fourth-order valence-corrected chi connectivity index (χ4v) is 0.863. The van der Waals surface area contributed by atoms with Gasteiger partial charge >= 0.3 is 0 Å². The predicted molar refractivity (Wildman–Crippen MR) is 43.1 cm³/mol. The average molecular weight is 162 g/mol. The van der Waals surface area contributed by atoms with Gasteiger partial charge in [0.2, 0.25) is 0 Å². The van der Waals surface area contributed by atoms with Crippen LogP contribution in [-0.2, 0) is 0 Å². The molecule has 0 aliphatic rings. The molecule has 68 valence electrons. The highest BCUT2D eigenvalue weighted by molar-refractivity contribution is 4.76. The van der Waals surface area contributed by atoms with Gasteiger partial charge in [0.1, 0.15) is 6.10 Å². The Balaban J connectivity index is 3.90. The molecule has 0 aliphatic carbocycles. The Morgan fingerprint density at radius 3 is 1.73 bits per heavy atom. The van der Waals surface area contributed by atoms with E-state index in [1.165, 1.54) is 0 Å². The second kappa shape index (κ2) is 4.70. The summed E-state index contributed by atoms with van der Waals surface area (Å²) in [6.45, 7) is 5.37. The van der Waals surface area contributed by atoms with E-state index in [1.807, 2.05) is 0 Å². The summed E-state index contributed by atoms with van der Waals surface area (Å²) in [5.41, 5.74) is 0. The summed E-state index contributed by atoms with van der Waals surface area (Å²) in [6, 6.07) is 0. The first-order valence-corrected chi connectivity index (χ1v) is 4.04. The highest BCUT2D eigenvalue weighted by Crippen LogP contribution is 2.10. The lowest BCUT2D eigenvalue weighted by Crippen LogP contribution is -2.39. The van der Waals surface area contributed by atoms with Gasteiger partial charge in [0.25, 0.3) is 0 Å². The second-order valence-electron chi connectivity index (χ2n) is 3.20. The van der Waals surface area contributed by atoms with Gasteiger partial charge in [-0.05, 0) is 12.3 Å². The topological polar surface area (TPSA) is 60.7 Å². The van der Waals surface area contributed by atoms with Crippen LogP contribution in [-0.4, -0.2) is 33.6 Å². The van der Waals surface area contributed by atoms with Crippen LogP contribution >= 0.6 is 0 Å². The van der Waals surface area contributed by atoms with E-state index < -0.39 is 18.3 Å². The van der Waals surface area contributed by atoms with Gasteiger partial charge in [0, 0.05) is 0 Å². The number of hydrogen-bond acceptors (Lipinski definition) is 3. The molecule has 3 N–H and O–H groups in total.